The topological polar surface area (TPSA) is 75.2 Å². The van der Waals surface area contributed by atoms with Crippen LogP contribution >= 0.6 is 11.8 Å². The van der Waals surface area contributed by atoms with E-state index in [1.165, 1.54) is 29.4 Å². The van der Waals surface area contributed by atoms with Crippen molar-refractivity contribution < 1.29 is 22.8 Å². The molecule has 2 aromatic rings. The van der Waals surface area contributed by atoms with Crippen LogP contribution in [0.3, 0.4) is 0 Å². The second-order valence-electron chi connectivity index (χ2n) is 6.19. The van der Waals surface area contributed by atoms with Gasteiger partial charge in [-0.25, -0.2) is 4.98 Å². The minimum absolute atomic E-state index is 0.0670. The van der Waals surface area contributed by atoms with Crippen LogP contribution < -0.4 is 5.32 Å². The van der Waals surface area contributed by atoms with Gasteiger partial charge in [-0.1, -0.05) is 0 Å². The van der Waals surface area contributed by atoms with Crippen LogP contribution in [0.2, 0.25) is 0 Å². The van der Waals surface area contributed by atoms with Crippen LogP contribution in [0.1, 0.15) is 33.6 Å². The molecule has 0 aromatic carbocycles. The number of aromatic nitrogens is 2. The summed E-state index contributed by atoms with van der Waals surface area (Å²) in [6.07, 6.45) is 5.30. The summed E-state index contributed by atoms with van der Waals surface area (Å²) in [6, 6.07) is 5.99. The van der Waals surface area contributed by atoms with E-state index in [9.17, 15) is 22.8 Å². The molecule has 0 spiro atoms. The van der Waals surface area contributed by atoms with E-state index in [1.807, 2.05) is 0 Å². The Morgan fingerprint density at radius 2 is 1.86 bits per heavy atom. The Morgan fingerprint density at radius 3 is 2.50 bits per heavy atom. The molecule has 2 amide bonds. The van der Waals surface area contributed by atoms with Crippen molar-refractivity contribution in [3.8, 4) is 0 Å². The largest absolute Gasteiger partial charge is 0.447 e. The first-order valence-electron chi connectivity index (χ1n) is 8.54. The fourth-order valence-electron chi connectivity index (χ4n) is 2.91. The molecule has 1 saturated heterocycles. The highest BCUT2D eigenvalue weighted by molar-refractivity contribution is 8.00. The van der Waals surface area contributed by atoms with Crippen molar-refractivity contribution >= 4 is 23.6 Å². The molecular formula is C18H17F3N4O2S. The van der Waals surface area contributed by atoms with Gasteiger partial charge in [0.1, 0.15) is 5.03 Å². The fraction of sp³-hybridized carbons (Fsp3) is 0.333. The van der Waals surface area contributed by atoms with Crippen LogP contribution in [0.15, 0.2) is 47.9 Å². The lowest BCUT2D eigenvalue weighted by Crippen LogP contribution is -2.46. The first-order valence-corrected chi connectivity index (χ1v) is 9.36. The third-order valence-electron chi connectivity index (χ3n) is 4.26. The van der Waals surface area contributed by atoms with Gasteiger partial charge in [-0.3, -0.25) is 14.6 Å². The predicted molar refractivity (Wildman–Crippen MR) is 96.8 cm³/mol. The van der Waals surface area contributed by atoms with Crippen molar-refractivity contribution in [2.45, 2.75) is 29.4 Å². The predicted octanol–water partition coefficient (Wildman–Crippen LogP) is 3.12. The van der Waals surface area contributed by atoms with Crippen molar-refractivity contribution in [3.63, 3.8) is 0 Å². The van der Waals surface area contributed by atoms with Gasteiger partial charge in [0.25, 0.3) is 11.8 Å². The molecule has 6 nitrogen and oxygen atoms in total. The van der Waals surface area contributed by atoms with E-state index in [0.29, 0.717) is 31.5 Å². The monoisotopic (exact) mass is 410 g/mol. The Morgan fingerprint density at radius 1 is 1.14 bits per heavy atom. The van der Waals surface area contributed by atoms with Crippen LogP contribution in [0, 0.1) is 0 Å². The Labute approximate surface area is 163 Å². The van der Waals surface area contributed by atoms with Crippen LogP contribution in [0.4, 0.5) is 13.2 Å². The third kappa shape index (κ3) is 5.22. The zero-order valence-corrected chi connectivity index (χ0v) is 15.5. The summed E-state index contributed by atoms with van der Waals surface area (Å²) in [5, 5.41) is 2.54. The van der Waals surface area contributed by atoms with Crippen LogP contribution in [-0.2, 0) is 0 Å². The Hall–Kier alpha value is -2.62. The van der Waals surface area contributed by atoms with Gasteiger partial charge in [-0.05, 0) is 37.1 Å². The number of nitrogens with one attached hydrogen (secondary N) is 1. The van der Waals surface area contributed by atoms with E-state index in [4.69, 9.17) is 0 Å². The number of nitrogens with zero attached hydrogens (tertiary/aromatic N) is 3. The summed E-state index contributed by atoms with van der Waals surface area (Å²) < 4.78 is 38.1. The number of amides is 2. The summed E-state index contributed by atoms with van der Waals surface area (Å²) in [5.41, 5.74) is -4.14. The van der Waals surface area contributed by atoms with Crippen molar-refractivity contribution in [1.82, 2.24) is 20.2 Å². The summed E-state index contributed by atoms with van der Waals surface area (Å²) in [5.74, 6) is -0.731. The Kier molecular flexibility index (Phi) is 6.18. The molecule has 0 unspecified atom stereocenters. The number of halogens is 3. The number of carbonyl (C=O) groups excluding carboxylic acids is 2. The van der Waals surface area contributed by atoms with Gasteiger partial charge in [-0.15, -0.1) is 0 Å². The number of carbonyl (C=O) groups is 2. The van der Waals surface area contributed by atoms with Gasteiger partial charge in [-0.2, -0.15) is 13.2 Å². The highest BCUT2D eigenvalue weighted by Gasteiger charge is 2.33. The zero-order valence-electron chi connectivity index (χ0n) is 14.6. The molecule has 0 aliphatic carbocycles. The maximum Gasteiger partial charge on any atom is 0.447 e. The summed E-state index contributed by atoms with van der Waals surface area (Å²) >= 11 is -0.395. The summed E-state index contributed by atoms with van der Waals surface area (Å²) in [4.78, 5) is 33.9. The van der Waals surface area contributed by atoms with Crippen molar-refractivity contribution in [3.05, 3.63) is 54.0 Å². The molecule has 2 aromatic heterocycles. The highest BCUT2D eigenvalue weighted by Crippen LogP contribution is 2.37. The van der Waals surface area contributed by atoms with Gasteiger partial charge >= 0.3 is 5.51 Å². The highest BCUT2D eigenvalue weighted by atomic mass is 32.2. The van der Waals surface area contributed by atoms with Crippen LogP contribution in [0.5, 0.6) is 0 Å². The average molecular weight is 410 g/mol. The molecule has 0 radical (unpaired) electrons. The van der Waals surface area contributed by atoms with Crippen molar-refractivity contribution in [2.24, 2.45) is 0 Å². The molecular weight excluding hydrogens is 393 g/mol. The molecule has 3 heterocycles. The molecule has 0 bridgehead atoms. The van der Waals surface area contributed by atoms with Gasteiger partial charge in [0, 0.05) is 49.5 Å². The normalized spacial score (nSPS) is 15.3. The van der Waals surface area contributed by atoms with E-state index < -0.39 is 23.2 Å². The first-order chi connectivity index (χ1) is 13.3. The molecule has 1 fully saturated rings. The smallest absolute Gasteiger partial charge is 0.349 e. The summed E-state index contributed by atoms with van der Waals surface area (Å²) in [6.45, 7) is 0.670. The molecule has 28 heavy (non-hydrogen) atoms. The lowest BCUT2D eigenvalue weighted by molar-refractivity contribution is -0.0329. The second kappa shape index (κ2) is 8.59. The number of likely N-dealkylation sites (tertiary alicyclic amines) is 1. The molecule has 148 valence electrons. The molecule has 3 rings (SSSR count). The van der Waals surface area contributed by atoms with Crippen molar-refractivity contribution in [1.29, 1.82) is 0 Å². The SMILES string of the molecule is O=C(NC1CCN(C(=O)c2cccnc2SC(F)(F)F)CC1)c1cccnc1. The number of thioether (sulfide) groups is 1. The molecule has 10 heteroatoms. The van der Waals surface area contributed by atoms with E-state index in [2.05, 4.69) is 15.3 Å². The number of piperidine rings is 1. The van der Waals surface area contributed by atoms with E-state index in [1.54, 1.807) is 18.3 Å². The lowest BCUT2D eigenvalue weighted by atomic mass is 10.0. The van der Waals surface area contributed by atoms with Crippen molar-refractivity contribution in [2.75, 3.05) is 13.1 Å². The quantitative estimate of drug-likeness (QED) is 0.784. The zero-order chi connectivity index (χ0) is 20.1. The van der Waals surface area contributed by atoms with Gasteiger partial charge in [0.05, 0.1) is 11.1 Å². The van der Waals surface area contributed by atoms with E-state index in [-0.39, 0.29) is 22.5 Å². The van der Waals surface area contributed by atoms with Gasteiger partial charge in [0.2, 0.25) is 0 Å². The van der Waals surface area contributed by atoms with E-state index >= 15 is 0 Å². The number of hydrogen-bond acceptors (Lipinski definition) is 5. The van der Waals surface area contributed by atoms with Gasteiger partial charge in [0.15, 0.2) is 0 Å². The third-order valence-corrected chi connectivity index (χ3v) is 5.01. The maximum atomic E-state index is 12.7. The number of alkyl halides is 3. The molecule has 1 N–H and O–H groups in total. The Balaban J connectivity index is 1.59. The molecule has 1 aliphatic rings. The minimum Gasteiger partial charge on any atom is -0.349 e. The maximum absolute atomic E-state index is 12.7. The number of pyridine rings is 2. The standard InChI is InChI=1S/C18H17F3N4O2S/c19-18(20,21)28-16-14(4-2-8-23-16)17(27)25-9-5-13(6-10-25)24-15(26)12-3-1-7-22-11-12/h1-4,7-8,11,13H,5-6,9-10H2,(H,24,26). The number of rotatable bonds is 4. The van der Waals surface area contributed by atoms with Crippen LogP contribution in [0.25, 0.3) is 0 Å². The average Bonchev–Trinajstić information content (AvgIpc) is 2.68. The molecule has 1 aliphatic heterocycles. The molecule has 0 saturated carbocycles. The van der Waals surface area contributed by atoms with Crippen LogP contribution in [-0.4, -0.2) is 51.3 Å². The second-order valence-corrected chi connectivity index (χ2v) is 7.24. The summed E-state index contributed by atoms with van der Waals surface area (Å²) in [7, 11) is 0. The minimum atomic E-state index is -4.52. The number of hydrogen-bond donors (Lipinski definition) is 1. The Bertz CT molecular complexity index is 840. The first kappa shape index (κ1) is 20.1. The molecule has 0 atom stereocenters. The lowest BCUT2D eigenvalue weighted by Gasteiger charge is -2.32. The van der Waals surface area contributed by atoms with E-state index in [0.717, 1.165) is 0 Å². The fourth-order valence-corrected chi connectivity index (χ4v) is 3.51. The van der Waals surface area contributed by atoms with Gasteiger partial charge < -0.3 is 10.2 Å².